The molecule has 0 aliphatic carbocycles. The van der Waals surface area contributed by atoms with Crippen molar-refractivity contribution in [3.05, 3.63) is 88.8 Å². The Morgan fingerprint density at radius 3 is 2.38 bits per heavy atom. The molecule has 0 aliphatic rings. The van der Waals surface area contributed by atoms with Crippen molar-refractivity contribution >= 4 is 0 Å². The smallest absolute Gasteiger partial charge is 0.287 e. The molecule has 0 saturated carbocycles. The number of hydrogen-bond donors (Lipinski definition) is 0. The van der Waals surface area contributed by atoms with E-state index in [1.54, 1.807) is 17.9 Å². The Kier molecular flexibility index (Phi) is 4.54. The van der Waals surface area contributed by atoms with E-state index in [1.807, 2.05) is 30.3 Å². The fraction of sp³-hybridized carbons (Fsp3) is 0.0952. The third-order valence-corrected chi connectivity index (χ3v) is 4.38. The van der Waals surface area contributed by atoms with Gasteiger partial charge in [0.2, 0.25) is 5.43 Å². The molecule has 4 rings (SSSR count). The van der Waals surface area contributed by atoms with Crippen molar-refractivity contribution < 1.29 is 13.2 Å². The third-order valence-electron chi connectivity index (χ3n) is 4.38. The SMILES string of the molecule is Cn1cc(-c2nn(-c3cccc(C(F)(F)F)c3)ccc2=O)c(-c2ccccc2)n1. The monoisotopic (exact) mass is 396 g/mol. The molecule has 5 nitrogen and oxygen atoms in total. The van der Waals surface area contributed by atoms with Crippen LogP contribution >= 0.6 is 0 Å². The van der Waals surface area contributed by atoms with Gasteiger partial charge in [-0.05, 0) is 18.2 Å². The summed E-state index contributed by atoms with van der Waals surface area (Å²) in [6.45, 7) is 0. The quantitative estimate of drug-likeness (QED) is 0.518. The van der Waals surface area contributed by atoms with Crippen LogP contribution in [-0.4, -0.2) is 19.6 Å². The Labute approximate surface area is 163 Å². The van der Waals surface area contributed by atoms with E-state index < -0.39 is 11.7 Å². The number of rotatable bonds is 3. The summed E-state index contributed by atoms with van der Waals surface area (Å²) in [5, 5.41) is 8.75. The highest BCUT2D eigenvalue weighted by atomic mass is 19.4. The lowest BCUT2D eigenvalue weighted by atomic mass is 10.1. The maximum Gasteiger partial charge on any atom is 0.416 e. The zero-order valence-electron chi connectivity index (χ0n) is 15.3. The van der Waals surface area contributed by atoms with E-state index in [1.165, 1.54) is 29.1 Å². The minimum atomic E-state index is -4.47. The molecule has 0 unspecified atom stereocenters. The van der Waals surface area contributed by atoms with E-state index in [0.717, 1.165) is 17.7 Å². The lowest BCUT2D eigenvalue weighted by Gasteiger charge is -2.11. The van der Waals surface area contributed by atoms with E-state index >= 15 is 0 Å². The largest absolute Gasteiger partial charge is 0.416 e. The van der Waals surface area contributed by atoms with Gasteiger partial charge in [0, 0.05) is 31.1 Å². The molecule has 0 saturated heterocycles. The van der Waals surface area contributed by atoms with Crippen molar-refractivity contribution in [2.45, 2.75) is 6.18 Å². The molecule has 0 spiro atoms. The Bertz CT molecular complexity index is 1230. The highest BCUT2D eigenvalue weighted by Gasteiger charge is 2.30. The lowest BCUT2D eigenvalue weighted by molar-refractivity contribution is -0.137. The van der Waals surface area contributed by atoms with Crippen LogP contribution < -0.4 is 5.43 Å². The van der Waals surface area contributed by atoms with Crippen LogP contribution in [-0.2, 0) is 13.2 Å². The van der Waals surface area contributed by atoms with Crippen molar-refractivity contribution in [2.24, 2.45) is 7.05 Å². The van der Waals surface area contributed by atoms with Crippen LogP contribution in [0.2, 0.25) is 0 Å². The van der Waals surface area contributed by atoms with Crippen LogP contribution in [0.3, 0.4) is 0 Å². The molecule has 0 fully saturated rings. The standard InChI is InChI=1S/C21H15F3N4O/c1-27-13-17(19(25-27)14-6-3-2-4-7-14)20-18(29)10-11-28(26-20)16-9-5-8-15(12-16)21(22,23)24/h2-13H,1H3. The molecule has 0 bridgehead atoms. The topological polar surface area (TPSA) is 52.7 Å². The van der Waals surface area contributed by atoms with Crippen molar-refractivity contribution in [3.8, 4) is 28.2 Å². The number of benzene rings is 2. The van der Waals surface area contributed by atoms with Gasteiger partial charge >= 0.3 is 6.18 Å². The van der Waals surface area contributed by atoms with Gasteiger partial charge in [-0.2, -0.15) is 23.4 Å². The number of nitrogens with zero attached hydrogens (tertiary/aromatic N) is 4. The Balaban J connectivity index is 1.86. The van der Waals surface area contributed by atoms with E-state index in [0.29, 0.717) is 11.3 Å². The van der Waals surface area contributed by atoms with Gasteiger partial charge in [-0.15, -0.1) is 0 Å². The summed E-state index contributed by atoms with van der Waals surface area (Å²) in [4.78, 5) is 12.5. The summed E-state index contributed by atoms with van der Waals surface area (Å²) in [5.74, 6) is 0. The molecule has 2 aromatic carbocycles. The first-order valence-corrected chi connectivity index (χ1v) is 8.70. The van der Waals surface area contributed by atoms with Gasteiger partial charge in [0.05, 0.1) is 16.8 Å². The number of alkyl halides is 3. The Morgan fingerprint density at radius 2 is 1.66 bits per heavy atom. The molecule has 0 radical (unpaired) electrons. The summed E-state index contributed by atoms with van der Waals surface area (Å²) in [5.41, 5.74) is 1.05. The highest BCUT2D eigenvalue weighted by Crippen LogP contribution is 2.31. The molecule has 2 aromatic heterocycles. The van der Waals surface area contributed by atoms with Crippen LogP contribution in [0, 0.1) is 0 Å². The van der Waals surface area contributed by atoms with Crippen molar-refractivity contribution in [1.82, 2.24) is 19.6 Å². The van der Waals surface area contributed by atoms with Crippen LogP contribution in [0.25, 0.3) is 28.2 Å². The second-order valence-electron chi connectivity index (χ2n) is 6.45. The average molecular weight is 396 g/mol. The summed E-state index contributed by atoms with van der Waals surface area (Å²) in [7, 11) is 1.73. The van der Waals surface area contributed by atoms with Gasteiger partial charge in [0.25, 0.3) is 0 Å². The fourth-order valence-corrected chi connectivity index (χ4v) is 3.03. The molecular weight excluding hydrogens is 381 g/mol. The van der Waals surface area contributed by atoms with E-state index in [-0.39, 0.29) is 16.8 Å². The molecule has 29 heavy (non-hydrogen) atoms. The Hall–Kier alpha value is -3.68. The zero-order valence-corrected chi connectivity index (χ0v) is 15.3. The minimum Gasteiger partial charge on any atom is -0.287 e. The summed E-state index contributed by atoms with van der Waals surface area (Å²) in [6, 6.07) is 15.4. The molecular formula is C21H15F3N4O. The maximum atomic E-state index is 13.0. The zero-order chi connectivity index (χ0) is 20.6. The first kappa shape index (κ1) is 18.7. The predicted octanol–water partition coefficient (Wildman–Crippen LogP) is 4.32. The van der Waals surface area contributed by atoms with Crippen LogP contribution in [0.5, 0.6) is 0 Å². The molecule has 8 heteroatoms. The summed E-state index contributed by atoms with van der Waals surface area (Å²) < 4.78 is 42.0. The lowest BCUT2D eigenvalue weighted by Crippen LogP contribution is -2.13. The molecule has 2 heterocycles. The second-order valence-corrected chi connectivity index (χ2v) is 6.45. The summed E-state index contributed by atoms with van der Waals surface area (Å²) in [6.07, 6.45) is -1.45. The number of halogens is 3. The van der Waals surface area contributed by atoms with Crippen LogP contribution in [0.4, 0.5) is 13.2 Å². The van der Waals surface area contributed by atoms with Crippen molar-refractivity contribution in [2.75, 3.05) is 0 Å². The van der Waals surface area contributed by atoms with Crippen LogP contribution in [0.1, 0.15) is 5.56 Å². The molecule has 0 aliphatic heterocycles. The molecule has 0 amide bonds. The van der Waals surface area contributed by atoms with E-state index in [4.69, 9.17) is 0 Å². The van der Waals surface area contributed by atoms with Crippen molar-refractivity contribution in [3.63, 3.8) is 0 Å². The van der Waals surface area contributed by atoms with E-state index in [9.17, 15) is 18.0 Å². The van der Waals surface area contributed by atoms with Gasteiger partial charge in [-0.25, -0.2) is 4.68 Å². The minimum absolute atomic E-state index is 0.108. The fourth-order valence-electron chi connectivity index (χ4n) is 3.03. The average Bonchev–Trinajstić information content (AvgIpc) is 3.10. The molecule has 4 aromatic rings. The van der Waals surface area contributed by atoms with Gasteiger partial charge < -0.3 is 0 Å². The molecule has 146 valence electrons. The molecule has 0 atom stereocenters. The normalized spacial score (nSPS) is 11.6. The van der Waals surface area contributed by atoms with Gasteiger partial charge in [0.15, 0.2) is 0 Å². The highest BCUT2D eigenvalue weighted by molar-refractivity contribution is 5.78. The first-order valence-electron chi connectivity index (χ1n) is 8.70. The Morgan fingerprint density at radius 1 is 0.897 bits per heavy atom. The van der Waals surface area contributed by atoms with E-state index in [2.05, 4.69) is 10.2 Å². The van der Waals surface area contributed by atoms with Gasteiger partial charge in [-0.3, -0.25) is 9.48 Å². The third kappa shape index (κ3) is 3.69. The van der Waals surface area contributed by atoms with Gasteiger partial charge in [-0.1, -0.05) is 36.4 Å². The van der Waals surface area contributed by atoms with Crippen LogP contribution in [0.15, 0.2) is 77.9 Å². The second kappa shape index (κ2) is 7.05. The molecule has 0 N–H and O–H groups in total. The maximum absolute atomic E-state index is 13.0. The van der Waals surface area contributed by atoms with Gasteiger partial charge in [0.1, 0.15) is 11.4 Å². The number of aryl methyl sites for hydroxylation is 1. The van der Waals surface area contributed by atoms with Crippen molar-refractivity contribution in [1.29, 1.82) is 0 Å². The summed E-state index contributed by atoms with van der Waals surface area (Å²) >= 11 is 0. The first-order chi connectivity index (χ1) is 13.8. The number of aromatic nitrogens is 4. The predicted molar refractivity (Wildman–Crippen MR) is 102 cm³/mol. The number of hydrogen-bond acceptors (Lipinski definition) is 3.